The molecule has 19 heavy (non-hydrogen) atoms. The molecular formula is C15H12ClFS2. The average Bonchev–Trinajstić information content (AvgIpc) is 2.91. The van der Waals surface area contributed by atoms with Crippen LogP contribution in [0.1, 0.15) is 25.6 Å². The zero-order chi connectivity index (χ0) is 13.6. The highest BCUT2D eigenvalue weighted by molar-refractivity contribution is 7.19. The van der Waals surface area contributed by atoms with Crippen molar-refractivity contribution in [2.75, 3.05) is 0 Å². The molecule has 0 saturated carbocycles. The zero-order valence-electron chi connectivity index (χ0n) is 10.5. The third-order valence-corrected chi connectivity index (χ3v) is 6.15. The largest absolute Gasteiger partial charge is 0.207 e. The van der Waals surface area contributed by atoms with Crippen molar-refractivity contribution in [1.82, 2.24) is 0 Å². The molecule has 1 atom stereocenters. The minimum Gasteiger partial charge on any atom is -0.207 e. The van der Waals surface area contributed by atoms with Gasteiger partial charge in [0.2, 0.25) is 0 Å². The molecule has 1 aromatic carbocycles. The van der Waals surface area contributed by atoms with Crippen molar-refractivity contribution in [1.29, 1.82) is 0 Å². The second-order valence-corrected chi connectivity index (χ2v) is 7.44. The van der Waals surface area contributed by atoms with Gasteiger partial charge in [-0.15, -0.1) is 34.3 Å². The fraction of sp³-hybridized carbons (Fsp3) is 0.200. The molecule has 0 radical (unpaired) electrons. The highest BCUT2D eigenvalue weighted by Crippen LogP contribution is 2.41. The monoisotopic (exact) mass is 310 g/mol. The molecule has 0 aliphatic heterocycles. The molecular weight excluding hydrogens is 299 g/mol. The third-order valence-electron chi connectivity index (χ3n) is 3.06. The Kier molecular flexibility index (Phi) is 3.37. The van der Waals surface area contributed by atoms with Crippen LogP contribution in [-0.4, -0.2) is 0 Å². The van der Waals surface area contributed by atoms with E-state index in [1.54, 1.807) is 34.8 Å². The molecule has 0 aliphatic carbocycles. The fourth-order valence-electron chi connectivity index (χ4n) is 2.19. The van der Waals surface area contributed by atoms with E-state index < -0.39 is 0 Å². The molecule has 2 aromatic heterocycles. The molecule has 1 unspecified atom stereocenters. The molecule has 98 valence electrons. The quantitative estimate of drug-likeness (QED) is 0.506. The number of hydrogen-bond donors (Lipinski definition) is 0. The normalized spacial score (nSPS) is 13.1. The Morgan fingerprint density at radius 1 is 1.11 bits per heavy atom. The summed E-state index contributed by atoms with van der Waals surface area (Å²) in [5.74, 6) is -0.199. The summed E-state index contributed by atoms with van der Waals surface area (Å²) in [5, 5.41) is 0.914. The second kappa shape index (κ2) is 4.89. The molecule has 0 fully saturated rings. The standard InChI is InChI=1S/C15H12ClFS2/c1-8-5-9(2)18-15(8)14(16)13-6-10-3-4-11(17)7-12(10)19-13/h3-7,14H,1-2H3. The predicted molar refractivity (Wildman–Crippen MR) is 83.3 cm³/mol. The van der Waals surface area contributed by atoms with Crippen molar-refractivity contribution < 1.29 is 4.39 Å². The number of halogens is 2. The Bertz CT molecular complexity index is 742. The lowest BCUT2D eigenvalue weighted by Gasteiger charge is -2.05. The van der Waals surface area contributed by atoms with Gasteiger partial charge in [0.25, 0.3) is 0 Å². The van der Waals surface area contributed by atoms with Crippen LogP contribution in [0.25, 0.3) is 10.1 Å². The maximum Gasteiger partial charge on any atom is 0.124 e. The summed E-state index contributed by atoms with van der Waals surface area (Å²) in [6, 6.07) is 9.08. The van der Waals surface area contributed by atoms with Crippen LogP contribution in [0, 0.1) is 19.7 Å². The van der Waals surface area contributed by atoms with Gasteiger partial charge >= 0.3 is 0 Å². The minimum atomic E-state index is -0.199. The SMILES string of the molecule is Cc1cc(C)c(C(Cl)c2cc3ccc(F)cc3s2)s1. The minimum absolute atomic E-state index is 0.140. The summed E-state index contributed by atoms with van der Waals surface area (Å²) in [5.41, 5.74) is 1.23. The van der Waals surface area contributed by atoms with Gasteiger partial charge in [0.05, 0.1) is 0 Å². The van der Waals surface area contributed by atoms with Gasteiger partial charge in [-0.25, -0.2) is 4.39 Å². The summed E-state index contributed by atoms with van der Waals surface area (Å²) in [6.45, 7) is 4.17. The molecule has 0 aliphatic rings. The summed E-state index contributed by atoms with van der Waals surface area (Å²) < 4.78 is 14.2. The Balaban J connectivity index is 2.06. The first-order valence-corrected chi connectivity index (χ1v) is 8.01. The maximum absolute atomic E-state index is 13.2. The lowest BCUT2D eigenvalue weighted by atomic mass is 10.2. The van der Waals surface area contributed by atoms with Crippen LogP contribution in [-0.2, 0) is 0 Å². The average molecular weight is 311 g/mol. The molecule has 0 nitrogen and oxygen atoms in total. The van der Waals surface area contributed by atoms with E-state index in [1.165, 1.54) is 21.4 Å². The number of alkyl halides is 1. The van der Waals surface area contributed by atoms with Gasteiger partial charge < -0.3 is 0 Å². The van der Waals surface area contributed by atoms with Gasteiger partial charge in [-0.1, -0.05) is 6.07 Å². The first-order chi connectivity index (χ1) is 9.04. The van der Waals surface area contributed by atoms with Crippen LogP contribution in [0.15, 0.2) is 30.3 Å². The van der Waals surface area contributed by atoms with Crippen LogP contribution in [0.4, 0.5) is 4.39 Å². The third kappa shape index (κ3) is 2.42. The van der Waals surface area contributed by atoms with E-state index in [1.807, 2.05) is 0 Å². The van der Waals surface area contributed by atoms with Crippen molar-refractivity contribution in [3.63, 3.8) is 0 Å². The van der Waals surface area contributed by atoms with Crippen LogP contribution >= 0.6 is 34.3 Å². The van der Waals surface area contributed by atoms with Gasteiger partial charge in [0.1, 0.15) is 11.2 Å². The van der Waals surface area contributed by atoms with Crippen molar-refractivity contribution in [2.24, 2.45) is 0 Å². The first-order valence-electron chi connectivity index (χ1n) is 5.94. The Morgan fingerprint density at radius 3 is 2.58 bits per heavy atom. The smallest absolute Gasteiger partial charge is 0.124 e. The van der Waals surface area contributed by atoms with E-state index in [4.69, 9.17) is 11.6 Å². The summed E-state index contributed by atoms with van der Waals surface area (Å²) in [6.07, 6.45) is 0. The van der Waals surface area contributed by atoms with Gasteiger partial charge in [0, 0.05) is 19.3 Å². The van der Waals surface area contributed by atoms with Gasteiger partial charge in [0.15, 0.2) is 0 Å². The molecule has 0 saturated heterocycles. The Morgan fingerprint density at radius 2 is 1.89 bits per heavy atom. The topological polar surface area (TPSA) is 0 Å². The fourth-order valence-corrected chi connectivity index (χ4v) is 4.88. The van der Waals surface area contributed by atoms with E-state index >= 15 is 0 Å². The van der Waals surface area contributed by atoms with E-state index in [-0.39, 0.29) is 11.2 Å². The number of benzene rings is 1. The molecule has 0 N–H and O–H groups in total. The molecule has 0 amide bonds. The molecule has 2 heterocycles. The lowest BCUT2D eigenvalue weighted by Crippen LogP contribution is -1.87. The number of thiophene rings is 2. The highest BCUT2D eigenvalue weighted by atomic mass is 35.5. The number of hydrogen-bond acceptors (Lipinski definition) is 2. The van der Waals surface area contributed by atoms with E-state index in [0.29, 0.717) is 0 Å². The summed E-state index contributed by atoms with van der Waals surface area (Å²) >= 11 is 9.89. The number of rotatable bonds is 2. The lowest BCUT2D eigenvalue weighted by molar-refractivity contribution is 0.630. The van der Waals surface area contributed by atoms with Crippen LogP contribution in [0.3, 0.4) is 0 Å². The van der Waals surface area contributed by atoms with Crippen molar-refractivity contribution in [3.05, 3.63) is 56.3 Å². The Labute approximate surface area is 124 Å². The molecule has 4 heteroatoms. The second-order valence-electron chi connectivity index (χ2n) is 4.60. The Hall–Kier alpha value is -0.900. The van der Waals surface area contributed by atoms with E-state index in [0.717, 1.165) is 15.0 Å². The molecule has 3 rings (SSSR count). The van der Waals surface area contributed by atoms with E-state index in [2.05, 4.69) is 26.0 Å². The van der Waals surface area contributed by atoms with Crippen molar-refractivity contribution >= 4 is 44.4 Å². The van der Waals surface area contributed by atoms with Crippen molar-refractivity contribution in [2.45, 2.75) is 19.2 Å². The zero-order valence-corrected chi connectivity index (χ0v) is 12.9. The van der Waals surface area contributed by atoms with Gasteiger partial charge in [-0.2, -0.15) is 0 Å². The van der Waals surface area contributed by atoms with Gasteiger partial charge in [-0.3, -0.25) is 0 Å². The van der Waals surface area contributed by atoms with Crippen LogP contribution in [0.2, 0.25) is 0 Å². The predicted octanol–water partition coefficient (Wildman–Crippen LogP) is 6.05. The van der Waals surface area contributed by atoms with Crippen LogP contribution < -0.4 is 0 Å². The highest BCUT2D eigenvalue weighted by Gasteiger charge is 2.18. The van der Waals surface area contributed by atoms with Crippen molar-refractivity contribution in [3.8, 4) is 0 Å². The van der Waals surface area contributed by atoms with E-state index in [9.17, 15) is 4.39 Å². The number of fused-ring (bicyclic) bond motifs is 1. The van der Waals surface area contributed by atoms with Crippen LogP contribution in [0.5, 0.6) is 0 Å². The first kappa shape index (κ1) is 13.1. The maximum atomic E-state index is 13.2. The number of aryl methyl sites for hydroxylation is 2. The van der Waals surface area contributed by atoms with Gasteiger partial charge in [-0.05, 0) is 49.1 Å². The molecule has 3 aromatic rings. The summed E-state index contributed by atoms with van der Waals surface area (Å²) in [4.78, 5) is 3.53. The summed E-state index contributed by atoms with van der Waals surface area (Å²) in [7, 11) is 0. The molecule has 0 bridgehead atoms. The molecule has 0 spiro atoms.